The van der Waals surface area contributed by atoms with Crippen molar-refractivity contribution in [2.45, 2.75) is 19.3 Å². The smallest absolute Gasteiger partial charge is 0.143 e. The number of nitrogen functional groups attached to an aromatic ring is 1. The van der Waals surface area contributed by atoms with Crippen LogP contribution in [0.1, 0.15) is 24.8 Å². The van der Waals surface area contributed by atoms with Gasteiger partial charge in [-0.2, -0.15) is 5.26 Å². The molecule has 0 spiro atoms. The van der Waals surface area contributed by atoms with Crippen molar-refractivity contribution in [1.82, 2.24) is 4.98 Å². The summed E-state index contributed by atoms with van der Waals surface area (Å²) in [4.78, 5) is 3.88. The molecule has 1 aliphatic carbocycles. The van der Waals surface area contributed by atoms with Crippen molar-refractivity contribution in [2.24, 2.45) is 5.41 Å². The maximum atomic E-state index is 9.01. The first-order chi connectivity index (χ1) is 8.21. The Morgan fingerprint density at radius 2 is 2.35 bits per heavy atom. The molecule has 2 rings (SSSR count). The lowest BCUT2D eigenvalue weighted by atomic mass is 9.69. The highest BCUT2D eigenvalue weighted by molar-refractivity contribution is 5.66. The Morgan fingerprint density at radius 3 is 2.88 bits per heavy atom. The first kappa shape index (κ1) is 11.3. The van der Waals surface area contributed by atoms with E-state index in [1.54, 1.807) is 12.3 Å². The minimum Gasteiger partial charge on any atom is -0.383 e. The van der Waals surface area contributed by atoms with Gasteiger partial charge in [0.1, 0.15) is 17.5 Å². The van der Waals surface area contributed by atoms with E-state index in [1.807, 2.05) is 0 Å². The summed E-state index contributed by atoms with van der Waals surface area (Å²) in [5.41, 5.74) is 6.68. The highest BCUT2D eigenvalue weighted by Crippen LogP contribution is 2.40. The van der Waals surface area contributed by atoms with Crippen molar-refractivity contribution < 1.29 is 0 Å². The van der Waals surface area contributed by atoms with Crippen LogP contribution in [0.3, 0.4) is 0 Å². The Bertz CT molecular complexity index is 503. The third-order valence-corrected chi connectivity index (χ3v) is 3.33. The zero-order valence-corrected chi connectivity index (χ0v) is 9.53. The number of nitrogens with two attached hydrogens (primary N) is 1. The molecule has 3 N–H and O–H groups in total. The van der Waals surface area contributed by atoms with E-state index in [9.17, 15) is 0 Å². The Labute approximate surface area is 101 Å². The van der Waals surface area contributed by atoms with Crippen LogP contribution >= 0.6 is 0 Å². The molecule has 0 atom stereocenters. The molecule has 0 saturated heterocycles. The summed E-state index contributed by atoms with van der Waals surface area (Å²) in [6, 6.07) is 3.80. The topological polar surface area (TPSA) is 74.7 Å². The molecule has 1 saturated carbocycles. The molecule has 1 aromatic heterocycles. The molecule has 4 heteroatoms. The average molecular weight is 226 g/mol. The van der Waals surface area contributed by atoms with Gasteiger partial charge >= 0.3 is 0 Å². The Morgan fingerprint density at radius 1 is 1.59 bits per heavy atom. The van der Waals surface area contributed by atoms with Crippen molar-refractivity contribution >= 4 is 11.5 Å². The summed E-state index contributed by atoms with van der Waals surface area (Å²) in [6.45, 7) is 0.682. The molecule has 1 heterocycles. The Balaban J connectivity index is 2.13. The first-order valence-electron chi connectivity index (χ1n) is 5.57. The zero-order valence-electron chi connectivity index (χ0n) is 9.53. The normalized spacial score (nSPS) is 16.4. The molecule has 0 unspecified atom stereocenters. The van der Waals surface area contributed by atoms with Crippen LogP contribution in [0.25, 0.3) is 0 Å². The highest BCUT2D eigenvalue weighted by Gasteiger charge is 2.34. The molecule has 0 aromatic carbocycles. The van der Waals surface area contributed by atoms with E-state index in [0.29, 0.717) is 17.8 Å². The lowest BCUT2D eigenvalue weighted by Gasteiger charge is -2.37. The molecular weight excluding hydrogens is 212 g/mol. The van der Waals surface area contributed by atoms with Crippen LogP contribution in [-0.2, 0) is 0 Å². The van der Waals surface area contributed by atoms with E-state index in [4.69, 9.17) is 17.4 Å². The third kappa shape index (κ3) is 2.03. The number of hydrogen-bond acceptors (Lipinski definition) is 4. The minimum absolute atomic E-state index is 0.0508. The van der Waals surface area contributed by atoms with Gasteiger partial charge in [-0.1, -0.05) is 12.3 Å². The van der Waals surface area contributed by atoms with E-state index in [-0.39, 0.29) is 11.2 Å². The summed E-state index contributed by atoms with van der Waals surface area (Å²) in [6.07, 6.45) is 10.4. The first-order valence-corrected chi connectivity index (χ1v) is 5.57. The fourth-order valence-corrected chi connectivity index (χ4v) is 1.98. The van der Waals surface area contributed by atoms with Crippen LogP contribution in [0.15, 0.2) is 12.3 Å². The van der Waals surface area contributed by atoms with Gasteiger partial charge in [-0.05, 0) is 18.9 Å². The van der Waals surface area contributed by atoms with Crippen LogP contribution in [-0.4, -0.2) is 11.5 Å². The molecule has 0 aliphatic heterocycles. The molecule has 1 aliphatic rings. The second-order valence-electron chi connectivity index (χ2n) is 4.36. The molecule has 0 amide bonds. The van der Waals surface area contributed by atoms with Crippen LogP contribution in [0.5, 0.6) is 0 Å². The van der Waals surface area contributed by atoms with E-state index in [1.165, 1.54) is 6.42 Å². The molecular formula is C13H14N4. The predicted octanol–water partition coefficient (Wildman–Crippen LogP) is 1.75. The molecule has 1 aromatic rings. The number of pyridine rings is 1. The summed E-state index contributed by atoms with van der Waals surface area (Å²) in [5, 5.41) is 12.2. The molecule has 86 valence electrons. The Kier molecular flexibility index (Phi) is 2.89. The van der Waals surface area contributed by atoms with Crippen LogP contribution in [0.4, 0.5) is 11.5 Å². The Hall–Kier alpha value is -2.20. The summed E-state index contributed by atoms with van der Waals surface area (Å²) < 4.78 is 0. The van der Waals surface area contributed by atoms with Gasteiger partial charge in [0.15, 0.2) is 0 Å². The van der Waals surface area contributed by atoms with Gasteiger partial charge in [-0.15, -0.1) is 6.42 Å². The van der Waals surface area contributed by atoms with Crippen molar-refractivity contribution in [3.63, 3.8) is 0 Å². The lowest BCUT2D eigenvalue weighted by molar-refractivity contribution is 0.237. The zero-order chi connectivity index (χ0) is 12.3. The van der Waals surface area contributed by atoms with Gasteiger partial charge in [0.05, 0.1) is 5.69 Å². The predicted molar refractivity (Wildman–Crippen MR) is 67.0 cm³/mol. The SMILES string of the molecule is C#CC1(CNc2ccnc(N)c2C#N)CCC1. The second kappa shape index (κ2) is 4.35. The van der Waals surface area contributed by atoms with Gasteiger partial charge in [-0.25, -0.2) is 4.98 Å². The van der Waals surface area contributed by atoms with Crippen molar-refractivity contribution in [1.29, 1.82) is 5.26 Å². The quantitative estimate of drug-likeness (QED) is 0.770. The van der Waals surface area contributed by atoms with Gasteiger partial charge in [0, 0.05) is 18.2 Å². The summed E-state index contributed by atoms with van der Waals surface area (Å²) in [7, 11) is 0. The largest absolute Gasteiger partial charge is 0.383 e. The molecule has 0 radical (unpaired) electrons. The number of nitriles is 1. The molecule has 1 fully saturated rings. The fraction of sp³-hybridized carbons (Fsp3) is 0.385. The molecule has 17 heavy (non-hydrogen) atoms. The third-order valence-electron chi connectivity index (χ3n) is 3.33. The maximum absolute atomic E-state index is 9.01. The van der Waals surface area contributed by atoms with E-state index >= 15 is 0 Å². The van der Waals surface area contributed by atoms with Crippen LogP contribution < -0.4 is 11.1 Å². The number of hydrogen-bond donors (Lipinski definition) is 2. The fourth-order valence-electron chi connectivity index (χ4n) is 1.98. The van der Waals surface area contributed by atoms with Crippen LogP contribution in [0.2, 0.25) is 0 Å². The standard InChI is InChI=1S/C13H14N4/c1-2-13(5-3-6-13)9-17-11-4-7-16-12(15)10(11)8-14/h1,4,7H,3,5-6,9H2,(H3,15,16,17). The van der Waals surface area contributed by atoms with Crippen LogP contribution in [0, 0.1) is 29.1 Å². The van der Waals surface area contributed by atoms with Crippen molar-refractivity contribution in [3.05, 3.63) is 17.8 Å². The number of aromatic nitrogens is 1. The van der Waals surface area contributed by atoms with Crippen molar-refractivity contribution in [2.75, 3.05) is 17.6 Å². The van der Waals surface area contributed by atoms with Gasteiger partial charge < -0.3 is 11.1 Å². The number of anilines is 2. The molecule has 4 nitrogen and oxygen atoms in total. The summed E-state index contributed by atoms with van der Waals surface area (Å²) in [5.74, 6) is 3.10. The van der Waals surface area contributed by atoms with Gasteiger partial charge in [0.2, 0.25) is 0 Å². The number of rotatable bonds is 3. The lowest BCUT2D eigenvalue weighted by Crippen LogP contribution is -2.35. The average Bonchev–Trinajstić information content (AvgIpc) is 2.28. The highest BCUT2D eigenvalue weighted by atomic mass is 14.9. The van der Waals surface area contributed by atoms with Crippen molar-refractivity contribution in [3.8, 4) is 18.4 Å². The van der Waals surface area contributed by atoms with E-state index < -0.39 is 0 Å². The maximum Gasteiger partial charge on any atom is 0.143 e. The monoisotopic (exact) mass is 226 g/mol. The van der Waals surface area contributed by atoms with Gasteiger partial charge in [-0.3, -0.25) is 0 Å². The minimum atomic E-state index is -0.0508. The van der Waals surface area contributed by atoms with Gasteiger partial charge in [0.25, 0.3) is 0 Å². The summed E-state index contributed by atoms with van der Waals surface area (Å²) >= 11 is 0. The number of nitrogens with one attached hydrogen (secondary N) is 1. The number of terminal acetylenes is 1. The molecule has 0 bridgehead atoms. The second-order valence-corrected chi connectivity index (χ2v) is 4.36. The number of nitrogens with zero attached hydrogens (tertiary/aromatic N) is 2. The van der Waals surface area contributed by atoms with E-state index in [0.717, 1.165) is 12.8 Å². The van der Waals surface area contributed by atoms with E-state index in [2.05, 4.69) is 22.3 Å².